The number of para-hydroxylation sites is 2. The van der Waals surface area contributed by atoms with Crippen molar-refractivity contribution in [2.45, 2.75) is 29.7 Å². The van der Waals surface area contributed by atoms with Crippen molar-refractivity contribution in [1.82, 2.24) is 20.2 Å². The molecule has 0 aliphatic carbocycles. The van der Waals surface area contributed by atoms with Gasteiger partial charge in [0.2, 0.25) is 5.82 Å². The maximum Gasteiger partial charge on any atom is 0.258 e. The standard InChI is InChI=1S/C24H21N5O2S/c1-3-31-18-14-12-17(13-15-18)23-25-27-29(26-23)16(2)24(30)28-19-8-4-6-10-21(19)32-22-11-7-5-9-20(22)28/h4-16H,3H2,1-2H3/t16-/m1/s1. The van der Waals surface area contributed by atoms with Crippen LogP contribution in [0.2, 0.25) is 0 Å². The van der Waals surface area contributed by atoms with E-state index in [2.05, 4.69) is 15.4 Å². The fraction of sp³-hybridized carbons (Fsp3) is 0.167. The van der Waals surface area contributed by atoms with E-state index in [4.69, 9.17) is 4.74 Å². The van der Waals surface area contributed by atoms with E-state index < -0.39 is 6.04 Å². The van der Waals surface area contributed by atoms with Crippen molar-refractivity contribution in [1.29, 1.82) is 0 Å². The lowest BCUT2D eigenvalue weighted by atomic mass is 10.2. The van der Waals surface area contributed by atoms with Crippen LogP contribution in [0.15, 0.2) is 82.6 Å². The van der Waals surface area contributed by atoms with Gasteiger partial charge in [-0.15, -0.1) is 10.2 Å². The van der Waals surface area contributed by atoms with Crippen molar-refractivity contribution in [3.63, 3.8) is 0 Å². The Kier molecular flexibility index (Phi) is 5.36. The molecule has 5 rings (SSSR count). The molecule has 7 nitrogen and oxygen atoms in total. The molecule has 0 spiro atoms. The molecule has 3 aromatic carbocycles. The molecule has 1 aliphatic heterocycles. The molecule has 160 valence electrons. The van der Waals surface area contributed by atoms with Gasteiger partial charge in [-0.3, -0.25) is 9.69 Å². The lowest BCUT2D eigenvalue weighted by Crippen LogP contribution is -2.35. The molecule has 32 heavy (non-hydrogen) atoms. The van der Waals surface area contributed by atoms with Gasteiger partial charge >= 0.3 is 0 Å². The van der Waals surface area contributed by atoms with Crippen LogP contribution in [-0.4, -0.2) is 32.7 Å². The van der Waals surface area contributed by atoms with Gasteiger partial charge in [0.15, 0.2) is 0 Å². The molecular weight excluding hydrogens is 422 g/mol. The van der Waals surface area contributed by atoms with Gasteiger partial charge in [0.05, 0.1) is 18.0 Å². The SMILES string of the molecule is CCOc1ccc(-c2nnn([C@H](C)C(=O)N3c4ccccc4Sc4ccccc43)n2)cc1. The lowest BCUT2D eigenvalue weighted by Gasteiger charge is -2.32. The summed E-state index contributed by atoms with van der Waals surface area (Å²) < 4.78 is 5.48. The van der Waals surface area contributed by atoms with Gasteiger partial charge in [-0.25, -0.2) is 0 Å². The Balaban J connectivity index is 1.45. The zero-order chi connectivity index (χ0) is 22.1. The van der Waals surface area contributed by atoms with E-state index in [1.165, 1.54) is 4.80 Å². The Morgan fingerprint density at radius 1 is 0.969 bits per heavy atom. The topological polar surface area (TPSA) is 73.1 Å². The van der Waals surface area contributed by atoms with Crippen LogP contribution in [-0.2, 0) is 4.79 Å². The highest BCUT2D eigenvalue weighted by atomic mass is 32.2. The third kappa shape index (κ3) is 3.62. The van der Waals surface area contributed by atoms with Crippen LogP contribution in [0, 0.1) is 0 Å². The monoisotopic (exact) mass is 443 g/mol. The average Bonchev–Trinajstić information content (AvgIpc) is 3.32. The summed E-state index contributed by atoms with van der Waals surface area (Å²) in [5.41, 5.74) is 2.53. The zero-order valence-corrected chi connectivity index (χ0v) is 18.5. The van der Waals surface area contributed by atoms with Crippen LogP contribution >= 0.6 is 11.8 Å². The number of hydrogen-bond acceptors (Lipinski definition) is 6. The van der Waals surface area contributed by atoms with E-state index >= 15 is 0 Å². The number of tetrazole rings is 1. The number of carbonyl (C=O) groups excluding carboxylic acids is 1. The predicted octanol–water partition coefficient (Wildman–Crippen LogP) is 5.13. The Morgan fingerprint density at radius 2 is 1.59 bits per heavy atom. The van der Waals surface area contributed by atoms with Crippen molar-refractivity contribution in [2.75, 3.05) is 11.5 Å². The first kappa shape index (κ1) is 20.3. The van der Waals surface area contributed by atoms with Gasteiger partial charge in [0.1, 0.15) is 11.8 Å². The highest BCUT2D eigenvalue weighted by Crippen LogP contribution is 2.48. The first-order valence-electron chi connectivity index (χ1n) is 10.4. The smallest absolute Gasteiger partial charge is 0.258 e. The summed E-state index contributed by atoms with van der Waals surface area (Å²) in [6.07, 6.45) is 0. The lowest BCUT2D eigenvalue weighted by molar-refractivity contribution is -0.121. The average molecular weight is 444 g/mol. The van der Waals surface area contributed by atoms with Gasteiger partial charge in [-0.05, 0) is 67.6 Å². The van der Waals surface area contributed by atoms with E-state index in [1.54, 1.807) is 23.6 Å². The number of fused-ring (bicyclic) bond motifs is 2. The summed E-state index contributed by atoms with van der Waals surface area (Å²) in [6, 6.07) is 22.7. The van der Waals surface area contributed by atoms with E-state index in [-0.39, 0.29) is 5.91 Å². The van der Waals surface area contributed by atoms with Gasteiger partial charge in [-0.2, -0.15) is 4.80 Å². The fourth-order valence-electron chi connectivity index (χ4n) is 3.60. The minimum absolute atomic E-state index is 0.124. The van der Waals surface area contributed by atoms with Crippen molar-refractivity contribution >= 4 is 29.0 Å². The van der Waals surface area contributed by atoms with Crippen LogP contribution in [0.4, 0.5) is 11.4 Å². The van der Waals surface area contributed by atoms with Crippen LogP contribution in [0.1, 0.15) is 19.9 Å². The fourth-order valence-corrected chi connectivity index (χ4v) is 4.66. The Bertz CT molecular complexity index is 1230. The zero-order valence-electron chi connectivity index (χ0n) is 17.7. The predicted molar refractivity (Wildman–Crippen MR) is 123 cm³/mol. The van der Waals surface area contributed by atoms with Crippen molar-refractivity contribution in [2.24, 2.45) is 0 Å². The van der Waals surface area contributed by atoms with Gasteiger partial charge < -0.3 is 4.74 Å². The molecule has 0 saturated carbocycles. The minimum atomic E-state index is -0.636. The molecule has 8 heteroatoms. The number of ether oxygens (including phenoxy) is 1. The molecule has 0 saturated heterocycles. The normalized spacial score (nSPS) is 13.2. The number of rotatable bonds is 5. The van der Waals surface area contributed by atoms with Crippen LogP contribution in [0.3, 0.4) is 0 Å². The van der Waals surface area contributed by atoms with Crippen molar-refractivity contribution in [3.05, 3.63) is 72.8 Å². The second-order valence-corrected chi connectivity index (χ2v) is 8.36. The summed E-state index contributed by atoms with van der Waals surface area (Å²) in [5.74, 6) is 1.12. The largest absolute Gasteiger partial charge is 0.494 e. The molecule has 1 atom stereocenters. The number of amides is 1. The van der Waals surface area contributed by atoms with E-state index in [1.807, 2.05) is 79.7 Å². The van der Waals surface area contributed by atoms with Gasteiger partial charge in [-0.1, -0.05) is 36.0 Å². The molecule has 0 fully saturated rings. The minimum Gasteiger partial charge on any atom is -0.494 e. The number of hydrogen-bond donors (Lipinski definition) is 0. The van der Waals surface area contributed by atoms with Crippen LogP contribution < -0.4 is 9.64 Å². The molecule has 0 unspecified atom stereocenters. The highest BCUT2D eigenvalue weighted by molar-refractivity contribution is 7.99. The molecule has 1 aliphatic rings. The first-order chi connectivity index (χ1) is 15.7. The van der Waals surface area contributed by atoms with Gasteiger partial charge in [0, 0.05) is 15.4 Å². The molecule has 0 bridgehead atoms. The molecule has 0 N–H and O–H groups in total. The summed E-state index contributed by atoms with van der Waals surface area (Å²) >= 11 is 1.66. The molecule has 2 heterocycles. The third-order valence-electron chi connectivity index (χ3n) is 5.21. The molecular formula is C24H21N5O2S. The van der Waals surface area contributed by atoms with E-state index in [0.29, 0.717) is 12.4 Å². The maximum absolute atomic E-state index is 13.7. The Hall–Kier alpha value is -3.65. The Labute approximate surface area is 190 Å². The van der Waals surface area contributed by atoms with Crippen molar-refractivity contribution < 1.29 is 9.53 Å². The summed E-state index contributed by atoms with van der Waals surface area (Å²) in [5, 5.41) is 12.8. The van der Waals surface area contributed by atoms with Crippen molar-refractivity contribution in [3.8, 4) is 17.1 Å². The van der Waals surface area contributed by atoms with E-state index in [0.717, 1.165) is 32.5 Å². The molecule has 4 aromatic rings. The summed E-state index contributed by atoms with van der Waals surface area (Å²) in [4.78, 5) is 18.9. The second kappa shape index (κ2) is 8.47. The third-order valence-corrected chi connectivity index (χ3v) is 6.34. The maximum atomic E-state index is 13.7. The number of nitrogens with zero attached hydrogens (tertiary/aromatic N) is 5. The number of aromatic nitrogens is 4. The highest BCUT2D eigenvalue weighted by Gasteiger charge is 2.32. The number of anilines is 2. The summed E-state index contributed by atoms with van der Waals surface area (Å²) in [6.45, 7) is 4.34. The molecule has 0 radical (unpaired) electrons. The van der Waals surface area contributed by atoms with Gasteiger partial charge in [0.25, 0.3) is 5.91 Å². The molecule has 1 amide bonds. The van der Waals surface area contributed by atoms with E-state index in [9.17, 15) is 4.79 Å². The second-order valence-electron chi connectivity index (χ2n) is 7.28. The number of benzene rings is 3. The number of carbonyl (C=O) groups is 1. The quantitative estimate of drug-likeness (QED) is 0.426. The Morgan fingerprint density at radius 3 is 2.22 bits per heavy atom. The summed E-state index contributed by atoms with van der Waals surface area (Å²) in [7, 11) is 0. The molecule has 1 aromatic heterocycles. The van der Waals surface area contributed by atoms with Crippen LogP contribution in [0.25, 0.3) is 11.4 Å². The first-order valence-corrected chi connectivity index (χ1v) is 11.2. The van der Waals surface area contributed by atoms with Crippen LogP contribution in [0.5, 0.6) is 5.75 Å².